The van der Waals surface area contributed by atoms with Gasteiger partial charge in [0.15, 0.2) is 0 Å². The van der Waals surface area contributed by atoms with Crippen molar-refractivity contribution in [3.63, 3.8) is 0 Å². The predicted molar refractivity (Wildman–Crippen MR) is 72.1 cm³/mol. The Morgan fingerprint density at radius 1 is 1.44 bits per heavy atom. The number of thiophene rings is 1. The van der Waals surface area contributed by atoms with E-state index in [0.29, 0.717) is 16.9 Å². The van der Waals surface area contributed by atoms with E-state index in [1.165, 1.54) is 24.2 Å². The van der Waals surface area contributed by atoms with Crippen molar-refractivity contribution in [1.82, 2.24) is 10.0 Å². The maximum Gasteiger partial charge on any atom is 0.241 e. The maximum atomic E-state index is 12.1. The number of hydrogen-bond donors (Lipinski definition) is 2. The van der Waals surface area contributed by atoms with E-state index in [0.717, 1.165) is 17.8 Å². The summed E-state index contributed by atoms with van der Waals surface area (Å²) in [6.07, 6.45) is 3.45. The van der Waals surface area contributed by atoms with Crippen molar-refractivity contribution in [1.29, 1.82) is 0 Å². The zero-order valence-corrected chi connectivity index (χ0v) is 12.0. The van der Waals surface area contributed by atoms with Crippen molar-refractivity contribution in [2.45, 2.75) is 49.7 Å². The third-order valence-corrected chi connectivity index (χ3v) is 6.05. The molecule has 0 aromatic carbocycles. The first-order valence-corrected chi connectivity index (χ1v) is 8.74. The van der Waals surface area contributed by atoms with Gasteiger partial charge in [-0.3, -0.25) is 0 Å². The van der Waals surface area contributed by atoms with E-state index in [9.17, 15) is 8.42 Å². The van der Waals surface area contributed by atoms with Crippen LogP contribution in [0, 0.1) is 5.92 Å². The Hall–Kier alpha value is -0.430. The Morgan fingerprint density at radius 2 is 2.17 bits per heavy atom. The lowest BCUT2D eigenvalue weighted by Gasteiger charge is -2.02. The molecule has 0 spiro atoms. The van der Waals surface area contributed by atoms with E-state index in [1.54, 1.807) is 11.4 Å². The van der Waals surface area contributed by atoms with Crippen LogP contribution < -0.4 is 10.0 Å². The summed E-state index contributed by atoms with van der Waals surface area (Å²) in [4.78, 5) is 1.50. The normalized spacial score (nSPS) is 27.4. The number of nitrogens with one attached hydrogen (secondary N) is 2. The van der Waals surface area contributed by atoms with Crippen LogP contribution in [0.3, 0.4) is 0 Å². The number of sulfonamides is 1. The molecule has 18 heavy (non-hydrogen) atoms. The van der Waals surface area contributed by atoms with E-state index < -0.39 is 10.0 Å². The Kier molecular flexibility index (Phi) is 3.21. The van der Waals surface area contributed by atoms with Crippen molar-refractivity contribution >= 4 is 21.4 Å². The summed E-state index contributed by atoms with van der Waals surface area (Å²) in [6.45, 7) is 2.84. The zero-order valence-electron chi connectivity index (χ0n) is 10.3. The lowest BCUT2D eigenvalue weighted by Crippen LogP contribution is -2.26. The van der Waals surface area contributed by atoms with Gasteiger partial charge in [0, 0.05) is 28.9 Å². The molecule has 0 saturated heterocycles. The molecule has 2 N–H and O–H groups in total. The van der Waals surface area contributed by atoms with Gasteiger partial charge in [-0.15, -0.1) is 11.3 Å². The fraction of sp³-hybridized carbons (Fsp3) is 0.667. The van der Waals surface area contributed by atoms with Gasteiger partial charge in [-0.25, -0.2) is 13.1 Å². The quantitative estimate of drug-likeness (QED) is 0.836. The first-order chi connectivity index (χ1) is 8.54. The lowest BCUT2D eigenvalue weighted by molar-refractivity contribution is 0.578. The first-order valence-electron chi connectivity index (χ1n) is 6.38. The Labute approximate surface area is 112 Å². The topological polar surface area (TPSA) is 58.2 Å². The summed E-state index contributed by atoms with van der Waals surface area (Å²) < 4.78 is 26.9. The molecule has 3 rings (SSSR count). The van der Waals surface area contributed by atoms with E-state index in [4.69, 9.17) is 0 Å². The molecule has 2 unspecified atom stereocenters. The molecule has 2 atom stereocenters. The Morgan fingerprint density at radius 3 is 2.78 bits per heavy atom. The summed E-state index contributed by atoms with van der Waals surface area (Å²) in [5.74, 6) is 0.481. The molecule has 0 aliphatic heterocycles. The molecule has 2 aliphatic carbocycles. The summed E-state index contributed by atoms with van der Waals surface area (Å²) in [6, 6.07) is 2.58. The van der Waals surface area contributed by atoms with Gasteiger partial charge in [-0.05, 0) is 31.2 Å². The van der Waals surface area contributed by atoms with E-state index >= 15 is 0 Å². The van der Waals surface area contributed by atoms with Crippen LogP contribution in [0.4, 0.5) is 0 Å². The molecule has 1 aromatic heterocycles. The van der Waals surface area contributed by atoms with Gasteiger partial charge in [-0.2, -0.15) is 0 Å². The molecule has 0 amide bonds. The maximum absolute atomic E-state index is 12.1. The zero-order chi connectivity index (χ0) is 12.8. The monoisotopic (exact) mass is 286 g/mol. The number of rotatable bonds is 6. The van der Waals surface area contributed by atoms with Crippen LogP contribution in [-0.4, -0.2) is 20.5 Å². The van der Waals surface area contributed by atoms with Gasteiger partial charge in [0.25, 0.3) is 0 Å². The van der Waals surface area contributed by atoms with E-state index in [1.807, 2.05) is 0 Å². The average Bonchev–Trinajstić information content (AvgIpc) is 3.19. The van der Waals surface area contributed by atoms with Crippen molar-refractivity contribution in [3.8, 4) is 0 Å². The molecule has 1 heterocycles. The van der Waals surface area contributed by atoms with Crippen LogP contribution >= 0.6 is 11.3 Å². The highest BCUT2D eigenvalue weighted by Gasteiger charge is 2.36. The Bertz CT molecular complexity index is 534. The summed E-state index contributed by atoms with van der Waals surface area (Å²) in [7, 11) is -3.30. The molecular formula is C12H18N2O2S2. The van der Waals surface area contributed by atoms with Gasteiger partial charge < -0.3 is 5.32 Å². The van der Waals surface area contributed by atoms with E-state index in [-0.39, 0.29) is 6.04 Å². The van der Waals surface area contributed by atoms with Crippen LogP contribution in [0.5, 0.6) is 0 Å². The molecule has 6 heteroatoms. The molecular weight excluding hydrogens is 268 g/mol. The van der Waals surface area contributed by atoms with Crippen LogP contribution in [-0.2, 0) is 16.6 Å². The summed E-state index contributed by atoms with van der Waals surface area (Å²) in [5, 5.41) is 5.13. The van der Waals surface area contributed by atoms with Gasteiger partial charge >= 0.3 is 0 Å². The molecule has 2 saturated carbocycles. The average molecular weight is 286 g/mol. The molecule has 100 valence electrons. The highest BCUT2D eigenvalue weighted by atomic mass is 32.2. The van der Waals surface area contributed by atoms with Crippen molar-refractivity contribution in [2.24, 2.45) is 5.92 Å². The SMILES string of the molecule is CC1CC1NS(=O)(=O)c1csc(CNC2CC2)c1. The van der Waals surface area contributed by atoms with Crippen LogP contribution in [0.1, 0.15) is 31.1 Å². The minimum atomic E-state index is -3.30. The van der Waals surface area contributed by atoms with Crippen LogP contribution in [0.25, 0.3) is 0 Å². The molecule has 4 nitrogen and oxygen atoms in total. The fourth-order valence-electron chi connectivity index (χ4n) is 1.88. The second-order valence-corrected chi connectivity index (χ2v) is 8.05. The lowest BCUT2D eigenvalue weighted by atomic mass is 10.4. The fourth-order valence-corrected chi connectivity index (χ4v) is 4.46. The highest BCUT2D eigenvalue weighted by Crippen LogP contribution is 2.31. The second-order valence-electron chi connectivity index (χ2n) is 5.34. The molecule has 2 fully saturated rings. The van der Waals surface area contributed by atoms with Crippen LogP contribution in [0.15, 0.2) is 16.3 Å². The van der Waals surface area contributed by atoms with Gasteiger partial charge in [-0.1, -0.05) is 6.92 Å². The second kappa shape index (κ2) is 4.59. The molecule has 1 aromatic rings. The van der Waals surface area contributed by atoms with Crippen molar-refractivity contribution in [3.05, 3.63) is 16.3 Å². The van der Waals surface area contributed by atoms with Crippen molar-refractivity contribution < 1.29 is 8.42 Å². The first kappa shape index (κ1) is 12.6. The minimum Gasteiger partial charge on any atom is -0.309 e. The summed E-state index contributed by atoms with van der Waals surface area (Å²) >= 11 is 1.51. The highest BCUT2D eigenvalue weighted by molar-refractivity contribution is 7.89. The van der Waals surface area contributed by atoms with Crippen LogP contribution in [0.2, 0.25) is 0 Å². The largest absolute Gasteiger partial charge is 0.309 e. The van der Waals surface area contributed by atoms with Crippen molar-refractivity contribution in [2.75, 3.05) is 0 Å². The standard InChI is InChI=1S/C12H18N2O2S2/c1-8-4-12(8)14-18(15,16)11-5-10(17-7-11)6-13-9-2-3-9/h5,7-9,12-14H,2-4,6H2,1H3. The molecule has 2 aliphatic rings. The third kappa shape index (κ3) is 2.93. The minimum absolute atomic E-state index is 0.142. The Balaban J connectivity index is 1.63. The van der Waals surface area contributed by atoms with Gasteiger partial charge in [0.05, 0.1) is 4.90 Å². The smallest absolute Gasteiger partial charge is 0.241 e. The predicted octanol–water partition coefficient (Wildman–Crippen LogP) is 1.69. The number of hydrogen-bond acceptors (Lipinski definition) is 4. The molecule has 0 radical (unpaired) electrons. The summed E-state index contributed by atoms with van der Waals surface area (Å²) in [5.41, 5.74) is 0. The molecule has 0 bridgehead atoms. The van der Waals surface area contributed by atoms with Gasteiger partial charge in [0.1, 0.15) is 0 Å². The van der Waals surface area contributed by atoms with E-state index in [2.05, 4.69) is 17.0 Å². The third-order valence-electron chi connectivity index (χ3n) is 3.50. The van der Waals surface area contributed by atoms with Gasteiger partial charge in [0.2, 0.25) is 10.0 Å².